The molecule has 0 spiro atoms. The Morgan fingerprint density at radius 2 is 2.12 bits per heavy atom. The fraction of sp³-hybridized carbons (Fsp3) is 0.400. The third-order valence-corrected chi connectivity index (χ3v) is 2.33. The zero-order valence-corrected chi connectivity index (χ0v) is 9.44. The quantitative estimate of drug-likeness (QED) is 0.842. The fourth-order valence-corrected chi connectivity index (χ4v) is 1.52. The van der Waals surface area contributed by atoms with Crippen LogP contribution >= 0.6 is 12.4 Å². The average molecular weight is 245 g/mol. The summed E-state index contributed by atoms with van der Waals surface area (Å²) in [6.07, 6.45) is 1.52. The molecule has 1 aromatic heterocycles. The van der Waals surface area contributed by atoms with Crippen molar-refractivity contribution in [3.63, 3.8) is 0 Å². The van der Waals surface area contributed by atoms with E-state index in [1.54, 1.807) is 6.07 Å². The maximum absolute atomic E-state index is 10.8. The lowest BCUT2D eigenvalue weighted by Crippen LogP contribution is -2.36. The van der Waals surface area contributed by atoms with Crippen molar-refractivity contribution >= 4 is 24.2 Å². The van der Waals surface area contributed by atoms with E-state index in [1.807, 2.05) is 4.90 Å². The van der Waals surface area contributed by atoms with Gasteiger partial charge in [0.1, 0.15) is 5.82 Å². The first-order valence-electron chi connectivity index (χ1n) is 4.79. The summed E-state index contributed by atoms with van der Waals surface area (Å²) in [7, 11) is 0. The van der Waals surface area contributed by atoms with E-state index in [4.69, 9.17) is 9.84 Å². The number of rotatable bonds is 2. The highest BCUT2D eigenvalue weighted by atomic mass is 35.5. The molecule has 0 unspecified atom stereocenters. The molecule has 0 saturated carbocycles. The van der Waals surface area contributed by atoms with Crippen LogP contribution in [0, 0.1) is 0 Å². The number of carboxylic acids is 1. The van der Waals surface area contributed by atoms with E-state index in [0.717, 1.165) is 13.1 Å². The van der Waals surface area contributed by atoms with E-state index >= 15 is 0 Å². The second kappa shape index (κ2) is 5.67. The molecule has 1 N–H and O–H groups in total. The summed E-state index contributed by atoms with van der Waals surface area (Å²) in [5, 5.41) is 8.84. The first kappa shape index (κ1) is 12.7. The van der Waals surface area contributed by atoms with Gasteiger partial charge in [-0.1, -0.05) is 0 Å². The number of aromatic nitrogens is 1. The number of hydrogen-bond donors (Lipinski definition) is 1. The van der Waals surface area contributed by atoms with Gasteiger partial charge in [0, 0.05) is 19.3 Å². The van der Waals surface area contributed by atoms with E-state index in [1.165, 1.54) is 12.3 Å². The van der Waals surface area contributed by atoms with Crippen LogP contribution in [-0.2, 0) is 4.74 Å². The molecular weight excluding hydrogens is 232 g/mol. The van der Waals surface area contributed by atoms with Crippen LogP contribution in [0.4, 0.5) is 5.82 Å². The molecule has 1 aliphatic heterocycles. The third kappa shape index (κ3) is 2.84. The molecule has 88 valence electrons. The predicted octanol–water partition coefficient (Wildman–Crippen LogP) is 1.04. The molecule has 0 atom stereocenters. The topological polar surface area (TPSA) is 62.7 Å². The summed E-state index contributed by atoms with van der Waals surface area (Å²) in [6.45, 7) is 2.85. The van der Waals surface area contributed by atoms with Gasteiger partial charge in [0.25, 0.3) is 0 Å². The first-order valence-corrected chi connectivity index (χ1v) is 4.79. The van der Waals surface area contributed by atoms with Gasteiger partial charge in [-0.05, 0) is 12.1 Å². The summed E-state index contributed by atoms with van der Waals surface area (Å²) in [5.74, 6) is -0.217. The SMILES string of the molecule is Cl.O=C(O)c1ccnc(N2CCOCC2)c1. The summed E-state index contributed by atoms with van der Waals surface area (Å²) in [4.78, 5) is 16.9. The summed E-state index contributed by atoms with van der Waals surface area (Å²) < 4.78 is 5.21. The van der Waals surface area contributed by atoms with Crippen LogP contribution in [0.1, 0.15) is 10.4 Å². The van der Waals surface area contributed by atoms with E-state index < -0.39 is 5.97 Å². The summed E-state index contributed by atoms with van der Waals surface area (Å²) in [5.41, 5.74) is 0.270. The molecule has 1 fully saturated rings. The van der Waals surface area contributed by atoms with E-state index in [9.17, 15) is 4.79 Å². The van der Waals surface area contributed by atoms with Crippen molar-refractivity contribution in [2.75, 3.05) is 31.2 Å². The molecule has 5 nitrogen and oxygen atoms in total. The fourth-order valence-electron chi connectivity index (χ4n) is 1.52. The molecule has 0 aliphatic carbocycles. The zero-order chi connectivity index (χ0) is 10.7. The smallest absolute Gasteiger partial charge is 0.335 e. The number of carboxylic acid groups (broad SMARTS) is 1. The van der Waals surface area contributed by atoms with Crippen LogP contribution in [0.3, 0.4) is 0 Å². The lowest BCUT2D eigenvalue weighted by molar-refractivity contribution is 0.0697. The van der Waals surface area contributed by atoms with Gasteiger partial charge in [0.15, 0.2) is 0 Å². The van der Waals surface area contributed by atoms with Crippen LogP contribution < -0.4 is 4.90 Å². The molecule has 2 rings (SSSR count). The molecule has 0 bridgehead atoms. The molecule has 2 heterocycles. The Labute approximate surface area is 99.5 Å². The highest BCUT2D eigenvalue weighted by molar-refractivity contribution is 5.88. The van der Waals surface area contributed by atoms with Crippen molar-refractivity contribution in [1.82, 2.24) is 4.98 Å². The van der Waals surface area contributed by atoms with Gasteiger partial charge in [0.05, 0.1) is 18.8 Å². The zero-order valence-electron chi connectivity index (χ0n) is 8.63. The minimum atomic E-state index is -0.924. The number of carbonyl (C=O) groups is 1. The Morgan fingerprint density at radius 3 is 2.75 bits per heavy atom. The number of nitrogens with zero attached hydrogens (tertiary/aromatic N) is 2. The Balaban J connectivity index is 0.00000128. The normalized spacial score (nSPS) is 15.4. The Bertz CT molecular complexity index is 367. The minimum Gasteiger partial charge on any atom is -0.478 e. The minimum absolute atomic E-state index is 0. The predicted molar refractivity (Wildman–Crippen MR) is 61.5 cm³/mol. The van der Waals surface area contributed by atoms with Crippen LogP contribution in [0.2, 0.25) is 0 Å². The first-order chi connectivity index (χ1) is 7.27. The number of anilines is 1. The largest absolute Gasteiger partial charge is 0.478 e. The van der Waals surface area contributed by atoms with Crippen molar-refractivity contribution in [2.45, 2.75) is 0 Å². The maximum atomic E-state index is 10.8. The number of aromatic carboxylic acids is 1. The van der Waals surface area contributed by atoms with Crippen molar-refractivity contribution in [2.24, 2.45) is 0 Å². The van der Waals surface area contributed by atoms with Gasteiger partial charge in [-0.15, -0.1) is 12.4 Å². The second-order valence-corrected chi connectivity index (χ2v) is 3.31. The van der Waals surface area contributed by atoms with Crippen LogP contribution in [-0.4, -0.2) is 42.4 Å². The average Bonchev–Trinajstić information content (AvgIpc) is 2.30. The molecule has 1 aliphatic rings. The Kier molecular flexibility index (Phi) is 4.52. The Hall–Kier alpha value is -1.33. The van der Waals surface area contributed by atoms with Crippen LogP contribution in [0.5, 0.6) is 0 Å². The lowest BCUT2D eigenvalue weighted by Gasteiger charge is -2.27. The van der Waals surface area contributed by atoms with Crippen molar-refractivity contribution in [3.05, 3.63) is 23.9 Å². The molecule has 0 amide bonds. The van der Waals surface area contributed by atoms with Crippen molar-refractivity contribution < 1.29 is 14.6 Å². The standard InChI is InChI=1S/C10H12N2O3.ClH/c13-10(14)8-1-2-11-9(7-8)12-3-5-15-6-4-12;/h1-2,7H,3-6H2,(H,13,14);1H. The third-order valence-electron chi connectivity index (χ3n) is 2.33. The molecule has 16 heavy (non-hydrogen) atoms. The van der Waals surface area contributed by atoms with E-state index in [0.29, 0.717) is 19.0 Å². The summed E-state index contributed by atoms with van der Waals surface area (Å²) >= 11 is 0. The van der Waals surface area contributed by atoms with E-state index in [2.05, 4.69) is 4.98 Å². The van der Waals surface area contributed by atoms with Gasteiger partial charge < -0.3 is 14.7 Å². The second-order valence-electron chi connectivity index (χ2n) is 3.31. The number of ether oxygens (including phenoxy) is 1. The molecule has 0 aromatic carbocycles. The van der Waals surface area contributed by atoms with Gasteiger partial charge >= 0.3 is 5.97 Å². The molecule has 0 radical (unpaired) electrons. The molecule has 1 aromatic rings. The number of pyridine rings is 1. The van der Waals surface area contributed by atoms with Gasteiger partial charge in [0.2, 0.25) is 0 Å². The number of hydrogen-bond acceptors (Lipinski definition) is 4. The highest BCUT2D eigenvalue weighted by Crippen LogP contribution is 2.13. The van der Waals surface area contributed by atoms with Gasteiger partial charge in [-0.3, -0.25) is 0 Å². The van der Waals surface area contributed by atoms with Gasteiger partial charge in [-0.2, -0.15) is 0 Å². The molecule has 6 heteroatoms. The highest BCUT2D eigenvalue weighted by Gasteiger charge is 2.13. The maximum Gasteiger partial charge on any atom is 0.335 e. The molecule has 1 saturated heterocycles. The van der Waals surface area contributed by atoms with Crippen LogP contribution in [0.25, 0.3) is 0 Å². The molecular formula is C10H13ClN2O3. The summed E-state index contributed by atoms with van der Waals surface area (Å²) in [6, 6.07) is 3.08. The number of morpholine rings is 1. The van der Waals surface area contributed by atoms with Crippen molar-refractivity contribution in [3.8, 4) is 0 Å². The van der Waals surface area contributed by atoms with E-state index in [-0.39, 0.29) is 18.0 Å². The Morgan fingerprint density at radius 1 is 1.44 bits per heavy atom. The van der Waals surface area contributed by atoms with Gasteiger partial charge in [-0.25, -0.2) is 9.78 Å². The lowest BCUT2D eigenvalue weighted by atomic mass is 10.2. The monoisotopic (exact) mass is 244 g/mol. The number of halogens is 1. The van der Waals surface area contributed by atoms with Crippen molar-refractivity contribution in [1.29, 1.82) is 0 Å². The van der Waals surface area contributed by atoms with Crippen LogP contribution in [0.15, 0.2) is 18.3 Å².